The molecule has 2 saturated heterocycles. The summed E-state index contributed by atoms with van der Waals surface area (Å²) in [6.45, 7) is 16.9. The number of likely N-dealkylation sites (N-methyl/N-ethyl adjacent to an activating group) is 1. The first-order valence-electron chi connectivity index (χ1n) is 17.1. The lowest BCUT2D eigenvalue weighted by atomic mass is 10.0. The largest absolute Gasteiger partial charge is 0.494 e. The van der Waals surface area contributed by atoms with E-state index < -0.39 is 7.14 Å². The number of aromatic nitrogens is 2. The van der Waals surface area contributed by atoms with E-state index in [1.165, 1.54) is 46.9 Å². The average molecular weight is 767 g/mol. The fourth-order valence-electron chi connectivity index (χ4n) is 6.76. The second kappa shape index (κ2) is 15.1. The van der Waals surface area contributed by atoms with Crippen molar-refractivity contribution >= 4 is 68.5 Å². The van der Waals surface area contributed by atoms with Crippen molar-refractivity contribution in [2.24, 2.45) is 0 Å². The molecule has 9 nitrogen and oxygen atoms in total. The van der Waals surface area contributed by atoms with E-state index in [-0.39, 0.29) is 0 Å². The fraction of sp³-hybridized carbons (Fsp3) is 0.459. The number of rotatable bonds is 10. The van der Waals surface area contributed by atoms with Crippen LogP contribution in [-0.4, -0.2) is 92.6 Å². The van der Waals surface area contributed by atoms with Gasteiger partial charge >= 0.3 is 0 Å². The molecule has 0 radical (unpaired) electrons. The minimum atomic E-state index is -2.64. The van der Waals surface area contributed by atoms with Crippen LogP contribution in [0.3, 0.4) is 0 Å². The zero-order chi connectivity index (χ0) is 34.9. The highest BCUT2D eigenvalue weighted by Gasteiger charge is 2.28. The molecule has 0 unspecified atom stereocenters. The third-order valence-corrected chi connectivity index (χ3v) is 13.2. The van der Waals surface area contributed by atoms with Gasteiger partial charge < -0.3 is 29.7 Å². The van der Waals surface area contributed by atoms with Crippen molar-refractivity contribution in [2.75, 3.05) is 82.3 Å². The first kappa shape index (κ1) is 35.9. The summed E-state index contributed by atoms with van der Waals surface area (Å²) in [7, 11) is 1.28. The zero-order valence-electron chi connectivity index (χ0n) is 29.7. The maximum absolute atomic E-state index is 13.5. The lowest BCUT2D eigenvalue weighted by molar-refractivity contribution is 0.0982. The van der Waals surface area contributed by atoms with Crippen LogP contribution in [0.1, 0.15) is 43.0 Å². The van der Waals surface area contributed by atoms with E-state index in [0.717, 1.165) is 54.2 Å². The molecular weight excluding hydrogens is 717 g/mol. The maximum Gasteiger partial charge on any atom is 0.229 e. The molecule has 4 heterocycles. The Morgan fingerprint density at radius 1 is 0.980 bits per heavy atom. The van der Waals surface area contributed by atoms with Crippen molar-refractivity contribution in [1.29, 1.82) is 0 Å². The summed E-state index contributed by atoms with van der Waals surface area (Å²) in [5, 5.41) is 7.63. The summed E-state index contributed by atoms with van der Waals surface area (Å²) in [4.78, 5) is 19.5. The van der Waals surface area contributed by atoms with Crippen molar-refractivity contribution in [1.82, 2.24) is 19.8 Å². The van der Waals surface area contributed by atoms with Crippen molar-refractivity contribution < 1.29 is 9.30 Å². The van der Waals surface area contributed by atoms with Crippen molar-refractivity contribution in [3.05, 3.63) is 63.6 Å². The predicted octanol–water partition coefficient (Wildman–Crippen LogP) is 8.36. The second-order valence-corrected chi connectivity index (χ2v) is 19.1. The van der Waals surface area contributed by atoms with Gasteiger partial charge in [0.15, 0.2) is 0 Å². The number of nitrogens with one attached hydrogen (secondary N) is 2. The summed E-state index contributed by atoms with van der Waals surface area (Å²) >= 11 is 5.41. The van der Waals surface area contributed by atoms with Crippen LogP contribution >= 0.6 is 34.4 Å². The number of hydrogen-bond donors (Lipinski definition) is 2. The van der Waals surface area contributed by atoms with Gasteiger partial charge in [0.25, 0.3) is 0 Å². The number of benzene rings is 2. The van der Waals surface area contributed by atoms with Gasteiger partial charge in [0.2, 0.25) is 5.95 Å². The number of halogens is 1. The van der Waals surface area contributed by atoms with Crippen molar-refractivity contribution in [2.45, 2.75) is 45.6 Å². The molecule has 0 spiro atoms. The molecule has 0 amide bonds. The van der Waals surface area contributed by atoms with Crippen LogP contribution in [0, 0.1) is 6.92 Å². The Morgan fingerprint density at radius 3 is 2.37 bits per heavy atom. The van der Waals surface area contributed by atoms with Gasteiger partial charge in [-0.2, -0.15) is 4.98 Å². The Hall–Kier alpha value is -2.95. The topological polar surface area (TPSA) is 85.9 Å². The molecule has 2 aliphatic rings. The summed E-state index contributed by atoms with van der Waals surface area (Å²) < 4.78 is 20.1. The summed E-state index contributed by atoms with van der Waals surface area (Å²) in [6, 6.07) is 15.4. The minimum Gasteiger partial charge on any atom is -0.494 e. The predicted molar refractivity (Wildman–Crippen MR) is 211 cm³/mol. The number of piperazine rings is 1. The molecule has 2 aromatic carbocycles. The standard InChI is InChI=1S/C37H49BrN7O2PS/c1-24(2)34-10-11-35(49-34)26-8-9-29(33(21-26)48(6,7)46)40-36-28(38)23-39-37(42-36)41-30-20-25(3)31(22-32(30)47-5)45-14-12-27(13-15-45)44-18-16-43(4)17-19-44/h8-11,20-24,27H,12-19H2,1-7H3,(H2,39,40,41,42). The lowest BCUT2D eigenvalue weighted by Gasteiger charge is -2.43. The molecule has 2 aromatic heterocycles. The van der Waals surface area contributed by atoms with Crippen LogP contribution in [0.5, 0.6) is 5.75 Å². The highest BCUT2D eigenvalue weighted by Crippen LogP contribution is 2.42. The molecular formula is C37H49BrN7O2PS. The number of anilines is 5. The van der Waals surface area contributed by atoms with Gasteiger partial charge in [0.05, 0.1) is 23.0 Å². The normalized spacial score (nSPS) is 16.7. The van der Waals surface area contributed by atoms with Crippen molar-refractivity contribution in [3.8, 4) is 16.2 Å². The molecule has 262 valence electrons. The lowest BCUT2D eigenvalue weighted by Crippen LogP contribution is -2.52. The average Bonchev–Trinajstić information content (AvgIpc) is 3.58. The van der Waals surface area contributed by atoms with Crippen LogP contribution < -0.4 is 25.6 Å². The Labute approximate surface area is 304 Å². The van der Waals surface area contributed by atoms with E-state index >= 15 is 0 Å². The number of aryl methyl sites for hydroxylation is 1. The summed E-state index contributed by atoms with van der Waals surface area (Å²) in [5.41, 5.74) is 5.01. The number of ether oxygens (including phenoxy) is 1. The number of hydrogen-bond acceptors (Lipinski definition) is 10. The Bertz CT molecular complexity index is 1830. The summed E-state index contributed by atoms with van der Waals surface area (Å²) in [6.07, 6.45) is 4.08. The summed E-state index contributed by atoms with van der Waals surface area (Å²) in [5.74, 6) is 2.22. The van der Waals surface area contributed by atoms with E-state index in [0.29, 0.717) is 28.2 Å². The molecule has 2 fully saturated rings. The zero-order valence-corrected chi connectivity index (χ0v) is 33.0. The van der Waals surface area contributed by atoms with E-state index in [4.69, 9.17) is 9.72 Å². The van der Waals surface area contributed by atoms with Crippen LogP contribution in [-0.2, 0) is 4.57 Å². The fourth-order valence-corrected chi connectivity index (χ4v) is 9.22. The molecule has 2 aliphatic heterocycles. The Morgan fingerprint density at radius 2 is 1.71 bits per heavy atom. The van der Waals surface area contributed by atoms with Gasteiger partial charge in [-0.05, 0) is 103 Å². The van der Waals surface area contributed by atoms with Crippen LogP contribution in [0.4, 0.5) is 28.8 Å². The van der Waals surface area contributed by atoms with Gasteiger partial charge in [-0.1, -0.05) is 19.9 Å². The minimum absolute atomic E-state index is 0.429. The molecule has 4 aromatic rings. The first-order chi connectivity index (χ1) is 23.4. The Balaban J connectivity index is 1.19. The smallest absolute Gasteiger partial charge is 0.229 e. The molecule has 12 heteroatoms. The highest BCUT2D eigenvalue weighted by atomic mass is 79.9. The Kier molecular flexibility index (Phi) is 11.1. The van der Waals surface area contributed by atoms with Gasteiger partial charge in [-0.25, -0.2) is 4.98 Å². The van der Waals surface area contributed by atoms with Crippen LogP contribution in [0.2, 0.25) is 0 Å². The van der Waals surface area contributed by atoms with Gasteiger partial charge in [0.1, 0.15) is 18.7 Å². The third kappa shape index (κ3) is 8.34. The number of methoxy groups -OCH3 is 1. The molecule has 2 N–H and O–H groups in total. The number of thiophene rings is 1. The highest BCUT2D eigenvalue weighted by molar-refractivity contribution is 9.10. The van der Waals surface area contributed by atoms with Crippen LogP contribution in [0.15, 0.2) is 53.1 Å². The number of nitrogens with zero attached hydrogens (tertiary/aromatic N) is 5. The molecule has 0 saturated carbocycles. The van der Waals surface area contributed by atoms with E-state index in [9.17, 15) is 4.57 Å². The van der Waals surface area contributed by atoms with Gasteiger partial charge in [-0.15, -0.1) is 11.3 Å². The second-order valence-electron chi connectivity index (χ2n) is 14.0. The van der Waals surface area contributed by atoms with Crippen LogP contribution in [0.25, 0.3) is 10.4 Å². The maximum atomic E-state index is 13.5. The third-order valence-electron chi connectivity index (χ3n) is 9.68. The molecule has 0 aliphatic carbocycles. The molecule has 0 atom stereocenters. The van der Waals surface area contributed by atoms with E-state index in [1.807, 2.05) is 6.07 Å². The van der Waals surface area contributed by atoms with Crippen molar-refractivity contribution in [3.63, 3.8) is 0 Å². The van der Waals surface area contributed by atoms with E-state index in [2.05, 4.69) is 110 Å². The molecule has 0 bridgehead atoms. The number of piperidine rings is 1. The first-order valence-corrected chi connectivity index (χ1v) is 21.3. The molecule has 6 rings (SSSR count). The van der Waals surface area contributed by atoms with Gasteiger partial charge in [-0.3, -0.25) is 4.90 Å². The van der Waals surface area contributed by atoms with Gasteiger partial charge in [0, 0.05) is 78.3 Å². The quantitative estimate of drug-likeness (QED) is 0.155. The monoisotopic (exact) mass is 765 g/mol. The van der Waals surface area contributed by atoms with E-state index in [1.54, 1.807) is 38.0 Å². The molecule has 49 heavy (non-hydrogen) atoms. The SMILES string of the molecule is COc1cc(N2CCC(N3CCN(C)CC3)CC2)c(C)cc1Nc1ncc(Br)c(Nc2ccc(-c3ccc(C(C)C)s3)cc2P(C)(C)=O)n1.